The third-order valence-corrected chi connectivity index (χ3v) is 18.2. The lowest BCUT2D eigenvalue weighted by atomic mass is 9.84. The molecule has 2 N–H and O–H groups in total. The van der Waals surface area contributed by atoms with Crippen molar-refractivity contribution >= 4 is 40.5 Å². The van der Waals surface area contributed by atoms with Gasteiger partial charge in [0.15, 0.2) is 0 Å². The summed E-state index contributed by atoms with van der Waals surface area (Å²) in [6.07, 6.45) is 8.15. The monoisotopic (exact) mass is 1130 g/mol. The molecule has 4 aromatic rings. The van der Waals surface area contributed by atoms with Gasteiger partial charge in [0, 0.05) is 100 Å². The number of aryl methyl sites for hydroxylation is 1. The number of pyridine rings is 1. The van der Waals surface area contributed by atoms with Gasteiger partial charge in [0.05, 0.1) is 61.3 Å². The molecule has 0 radical (unpaired) electrons. The molecular weight excluding hydrogens is 1040 g/mol. The van der Waals surface area contributed by atoms with Crippen molar-refractivity contribution in [1.29, 1.82) is 0 Å². The largest absolute Gasteiger partial charge is 0.464 e. The first-order valence-corrected chi connectivity index (χ1v) is 30.6. The van der Waals surface area contributed by atoms with E-state index in [-0.39, 0.29) is 49.0 Å². The summed E-state index contributed by atoms with van der Waals surface area (Å²) in [4.78, 5) is 72.4. The SMILES string of the molecule is CCN(C(=O)OC(C)(C)C)C1CCN([C@H](C(=O)N[C@H]2Cc3cc(CF)cc(c3)-c3ccc4c(c3)c(c(-c3cc(N5CCN6CCOCC6C5)cnc3[C@H](C)OC)n4CC)CC(C)(C)COC(=O)[C@@H]3CCCN(N3)C2=O)C2CCCC2)CC1. The molecule has 1 aliphatic carbocycles. The van der Waals surface area contributed by atoms with E-state index in [9.17, 15) is 9.59 Å². The molecule has 2 aromatic heterocycles. The number of piperidine rings is 1. The van der Waals surface area contributed by atoms with Crippen molar-refractivity contribution in [2.24, 2.45) is 11.3 Å². The summed E-state index contributed by atoms with van der Waals surface area (Å²) in [6, 6.07) is 12.4. The molecule has 1 unspecified atom stereocenters. The Hall–Kier alpha value is -5.66. The number of rotatable bonds is 12. The number of carbonyl (C=O) groups excluding carboxylic acids is 4. The molecule has 6 aliphatic rings. The second kappa shape index (κ2) is 25.3. The average Bonchev–Trinajstić information content (AvgIpc) is 3.05. The van der Waals surface area contributed by atoms with Gasteiger partial charge < -0.3 is 38.6 Å². The van der Waals surface area contributed by atoms with Gasteiger partial charge in [-0.3, -0.25) is 34.2 Å². The number of carbonyl (C=O) groups is 4. The molecule has 10 rings (SSSR count). The van der Waals surface area contributed by atoms with E-state index in [1.54, 1.807) is 13.2 Å². The van der Waals surface area contributed by atoms with E-state index in [0.717, 1.165) is 109 Å². The number of hydrazine groups is 1. The lowest BCUT2D eigenvalue weighted by Gasteiger charge is -2.44. The lowest BCUT2D eigenvalue weighted by Crippen LogP contribution is -2.62. The number of aromatic nitrogens is 2. The third kappa shape index (κ3) is 13.0. The molecule has 446 valence electrons. The molecule has 17 nitrogen and oxygen atoms in total. The van der Waals surface area contributed by atoms with Gasteiger partial charge in [-0.2, -0.15) is 0 Å². The second-order valence-electron chi connectivity index (χ2n) is 25.7. The van der Waals surface area contributed by atoms with Crippen molar-refractivity contribution in [1.82, 2.24) is 40.0 Å². The molecule has 18 heteroatoms. The number of fused-ring (bicyclic) bond motifs is 7. The standard InChI is InChI=1S/C64H90FN9O8/c1-10-72(62(78)82-63(4,5)6)47-20-23-70(24-21-47)57(44-15-12-13-16-44)59(75)67-54-32-42-29-43(36-65)31-46(30-42)45-18-19-55-50(33-45)52(35-64(7,8)40-81-61(77)53-17-14-22-74(68-53)60(54)76)58(73(55)11-2)51-34-48(37-66-56(51)41(3)79-9)71-26-25-69-27-28-80-39-49(69)38-71/h18-19,29-31,33-34,37,41,44,47,49,53-54,57,68H,10-17,20-28,32,35-36,38-40H2,1-9H3,(H,67,75)/t41-,49?,53-,54-,57-/m0/s1. The van der Waals surface area contributed by atoms with E-state index >= 15 is 14.0 Å². The number of amides is 3. The molecule has 7 heterocycles. The Morgan fingerprint density at radius 1 is 0.951 bits per heavy atom. The number of alkyl halides is 1. The van der Waals surface area contributed by atoms with E-state index in [1.807, 2.05) is 57.8 Å². The van der Waals surface area contributed by atoms with Gasteiger partial charge in [0.1, 0.15) is 24.4 Å². The zero-order chi connectivity index (χ0) is 58.0. The van der Waals surface area contributed by atoms with E-state index in [2.05, 4.69) is 75.0 Å². The smallest absolute Gasteiger partial charge is 0.410 e. The molecule has 5 aliphatic heterocycles. The Balaban J connectivity index is 1.03. The van der Waals surface area contributed by atoms with Crippen LogP contribution in [0.1, 0.15) is 135 Å². The molecule has 5 atom stereocenters. The summed E-state index contributed by atoms with van der Waals surface area (Å²) in [5, 5.41) is 5.81. The highest BCUT2D eigenvalue weighted by molar-refractivity contribution is 5.96. The number of nitrogens with zero attached hydrogens (tertiary/aromatic N) is 7. The highest BCUT2D eigenvalue weighted by atomic mass is 19.1. The quantitative estimate of drug-likeness (QED) is 0.129. The summed E-state index contributed by atoms with van der Waals surface area (Å²) in [7, 11) is 1.72. The average molecular weight is 1130 g/mol. The zero-order valence-corrected chi connectivity index (χ0v) is 50.2. The Kier molecular flexibility index (Phi) is 18.3. The lowest BCUT2D eigenvalue weighted by molar-refractivity contribution is -0.155. The van der Waals surface area contributed by atoms with Crippen LogP contribution in [0.5, 0.6) is 0 Å². The highest BCUT2D eigenvalue weighted by Crippen LogP contribution is 2.44. The fourth-order valence-electron chi connectivity index (χ4n) is 14.0. The predicted molar refractivity (Wildman–Crippen MR) is 316 cm³/mol. The van der Waals surface area contributed by atoms with Gasteiger partial charge in [0.25, 0.3) is 5.91 Å². The van der Waals surface area contributed by atoms with Crippen LogP contribution in [0.15, 0.2) is 48.7 Å². The number of anilines is 1. The van der Waals surface area contributed by atoms with Crippen LogP contribution in [0.3, 0.4) is 0 Å². The van der Waals surface area contributed by atoms with Crippen LogP contribution in [-0.4, -0.2) is 168 Å². The van der Waals surface area contributed by atoms with Gasteiger partial charge in [-0.25, -0.2) is 14.6 Å². The number of methoxy groups -OCH3 is 1. The molecule has 3 amide bonds. The molecular formula is C64H90FN9O8. The summed E-state index contributed by atoms with van der Waals surface area (Å²) < 4.78 is 41.8. The summed E-state index contributed by atoms with van der Waals surface area (Å²) >= 11 is 0. The number of cyclic esters (lactones) is 1. The minimum atomic E-state index is -1.05. The number of benzene rings is 2. The van der Waals surface area contributed by atoms with Crippen molar-refractivity contribution in [2.45, 2.75) is 175 Å². The number of esters is 1. The maximum Gasteiger partial charge on any atom is 0.410 e. The Labute approximate surface area is 484 Å². The maximum absolute atomic E-state index is 15.3. The normalized spacial score (nSPS) is 23.5. The summed E-state index contributed by atoms with van der Waals surface area (Å²) in [5.41, 5.74) is 10.9. The number of ether oxygens (including phenoxy) is 4. The first kappa shape index (κ1) is 59.5. The molecule has 0 spiro atoms. The van der Waals surface area contributed by atoms with Crippen molar-refractivity contribution in [3.05, 3.63) is 71.0 Å². The molecule has 5 fully saturated rings. The van der Waals surface area contributed by atoms with Crippen molar-refractivity contribution < 1.29 is 42.5 Å². The number of halogens is 1. The molecule has 1 saturated carbocycles. The topological polar surface area (TPSA) is 163 Å². The number of likely N-dealkylation sites (tertiary alicyclic amines) is 1. The van der Waals surface area contributed by atoms with Gasteiger partial charge in [-0.1, -0.05) is 44.9 Å². The van der Waals surface area contributed by atoms with Crippen LogP contribution in [0.4, 0.5) is 14.9 Å². The van der Waals surface area contributed by atoms with Crippen molar-refractivity contribution in [3.63, 3.8) is 0 Å². The van der Waals surface area contributed by atoms with E-state index in [0.29, 0.717) is 88.6 Å². The first-order valence-electron chi connectivity index (χ1n) is 30.6. The Morgan fingerprint density at radius 2 is 1.73 bits per heavy atom. The molecule has 2 aromatic carbocycles. The maximum atomic E-state index is 15.3. The van der Waals surface area contributed by atoms with Crippen molar-refractivity contribution in [3.8, 4) is 22.4 Å². The number of nitrogens with one attached hydrogen (secondary N) is 2. The van der Waals surface area contributed by atoms with Gasteiger partial charge in [-0.15, -0.1) is 0 Å². The summed E-state index contributed by atoms with van der Waals surface area (Å²) in [6.45, 7) is 23.2. The summed E-state index contributed by atoms with van der Waals surface area (Å²) in [5.74, 6) is -0.949. The van der Waals surface area contributed by atoms with Gasteiger partial charge in [-0.05, 0) is 144 Å². The zero-order valence-electron chi connectivity index (χ0n) is 50.2. The van der Waals surface area contributed by atoms with Crippen LogP contribution in [0, 0.1) is 11.3 Å². The minimum absolute atomic E-state index is 0.0310. The van der Waals surface area contributed by atoms with Gasteiger partial charge >= 0.3 is 12.1 Å². The van der Waals surface area contributed by atoms with Crippen LogP contribution < -0.4 is 15.6 Å². The van der Waals surface area contributed by atoms with Crippen LogP contribution in [0.25, 0.3) is 33.3 Å². The molecule has 82 heavy (non-hydrogen) atoms. The Morgan fingerprint density at radius 3 is 2.45 bits per heavy atom. The van der Waals surface area contributed by atoms with Crippen LogP contribution in [-0.2, 0) is 59.4 Å². The van der Waals surface area contributed by atoms with E-state index < -0.39 is 41.8 Å². The van der Waals surface area contributed by atoms with Gasteiger partial charge in [0.2, 0.25) is 5.91 Å². The fraction of sp³-hybridized carbons (Fsp3) is 0.641. The Bertz CT molecular complexity index is 2950. The van der Waals surface area contributed by atoms with Crippen LogP contribution in [0.2, 0.25) is 0 Å². The number of piperazine rings is 1. The highest BCUT2D eigenvalue weighted by Gasteiger charge is 2.42. The number of hydrogen-bond acceptors (Lipinski definition) is 13. The molecule has 4 saturated heterocycles. The fourth-order valence-corrected chi connectivity index (χ4v) is 14.0. The van der Waals surface area contributed by atoms with Crippen LogP contribution >= 0.6 is 0 Å². The van der Waals surface area contributed by atoms with E-state index in [4.69, 9.17) is 23.9 Å². The van der Waals surface area contributed by atoms with E-state index in [1.165, 1.54) is 5.01 Å². The number of morpholine rings is 1. The number of hydrogen-bond donors (Lipinski definition) is 2. The first-order chi connectivity index (χ1) is 39.3. The van der Waals surface area contributed by atoms with Crippen molar-refractivity contribution in [2.75, 3.05) is 84.2 Å². The minimum Gasteiger partial charge on any atom is -0.464 e. The predicted octanol–water partition coefficient (Wildman–Crippen LogP) is 9.02. The second-order valence-corrected chi connectivity index (χ2v) is 25.7. The molecule has 6 bridgehead atoms. The third-order valence-electron chi connectivity index (χ3n) is 18.2.